The van der Waals surface area contributed by atoms with Crippen molar-refractivity contribution in [2.75, 3.05) is 5.33 Å². The third kappa shape index (κ3) is 2.46. The molecule has 1 aromatic carbocycles. The second-order valence-electron chi connectivity index (χ2n) is 2.49. The molecule has 0 N–H and O–H groups in total. The van der Waals surface area contributed by atoms with Gasteiger partial charge in [-0.05, 0) is 23.6 Å². The summed E-state index contributed by atoms with van der Waals surface area (Å²) in [5.74, 6) is 0. The average molecular weight is 290 g/mol. The Kier molecular flexibility index (Phi) is 4.02. The van der Waals surface area contributed by atoms with Gasteiger partial charge in [0.05, 0.1) is 0 Å². The van der Waals surface area contributed by atoms with Gasteiger partial charge in [0.15, 0.2) is 0 Å². The Morgan fingerprint density at radius 2 is 2.17 bits per heavy atom. The van der Waals surface area contributed by atoms with Crippen LogP contribution in [0.4, 0.5) is 0 Å². The molecular formula is C10H10Br2. The summed E-state index contributed by atoms with van der Waals surface area (Å²) < 4.78 is 1.17. The van der Waals surface area contributed by atoms with Crippen LogP contribution >= 0.6 is 31.9 Å². The van der Waals surface area contributed by atoms with Crippen LogP contribution in [0.25, 0.3) is 6.08 Å². The maximum absolute atomic E-state index is 3.72. The minimum atomic E-state index is 0.999. The van der Waals surface area contributed by atoms with Crippen LogP contribution in [0.1, 0.15) is 11.1 Å². The summed E-state index contributed by atoms with van der Waals surface area (Å²) in [4.78, 5) is 0. The van der Waals surface area contributed by atoms with E-state index in [-0.39, 0.29) is 0 Å². The van der Waals surface area contributed by atoms with Gasteiger partial charge in [0.1, 0.15) is 0 Å². The fraction of sp³-hybridized carbons (Fsp3) is 0.200. The minimum Gasteiger partial charge on any atom is -0.0985 e. The first-order valence-electron chi connectivity index (χ1n) is 3.74. The van der Waals surface area contributed by atoms with Crippen LogP contribution in [0.15, 0.2) is 29.3 Å². The van der Waals surface area contributed by atoms with Gasteiger partial charge in [-0.25, -0.2) is 0 Å². The summed E-state index contributed by atoms with van der Waals surface area (Å²) in [7, 11) is 0. The Labute approximate surface area is 89.9 Å². The van der Waals surface area contributed by atoms with E-state index in [1.54, 1.807) is 0 Å². The third-order valence-corrected chi connectivity index (χ3v) is 2.81. The molecule has 0 amide bonds. The van der Waals surface area contributed by atoms with Crippen LogP contribution in [-0.2, 0) is 6.42 Å². The average Bonchev–Trinajstić information content (AvgIpc) is 2.09. The molecule has 0 fully saturated rings. The molecule has 0 saturated heterocycles. The van der Waals surface area contributed by atoms with Crippen molar-refractivity contribution in [2.24, 2.45) is 0 Å². The van der Waals surface area contributed by atoms with E-state index in [4.69, 9.17) is 0 Å². The van der Waals surface area contributed by atoms with Crippen molar-refractivity contribution in [3.05, 3.63) is 40.4 Å². The number of rotatable bonds is 3. The zero-order chi connectivity index (χ0) is 8.97. The van der Waals surface area contributed by atoms with Crippen LogP contribution in [0.5, 0.6) is 0 Å². The first kappa shape index (κ1) is 10.0. The Balaban J connectivity index is 2.94. The second kappa shape index (κ2) is 4.83. The van der Waals surface area contributed by atoms with Gasteiger partial charge < -0.3 is 0 Å². The van der Waals surface area contributed by atoms with Crippen LogP contribution in [0.3, 0.4) is 0 Å². The molecule has 0 aliphatic heterocycles. The largest absolute Gasteiger partial charge is 0.0985 e. The van der Waals surface area contributed by atoms with Gasteiger partial charge in [-0.3, -0.25) is 0 Å². The third-order valence-electron chi connectivity index (χ3n) is 1.68. The van der Waals surface area contributed by atoms with Crippen molar-refractivity contribution in [1.82, 2.24) is 0 Å². The lowest BCUT2D eigenvalue weighted by atomic mass is 10.1. The molecule has 0 aromatic heterocycles. The summed E-state index contributed by atoms with van der Waals surface area (Å²) in [6.07, 6.45) is 2.90. The van der Waals surface area contributed by atoms with Gasteiger partial charge >= 0.3 is 0 Å². The quantitative estimate of drug-likeness (QED) is 0.737. The Morgan fingerprint density at radius 1 is 1.42 bits per heavy atom. The highest BCUT2D eigenvalue weighted by Gasteiger charge is 1.98. The molecule has 0 aliphatic rings. The van der Waals surface area contributed by atoms with E-state index >= 15 is 0 Å². The number of hydrogen-bond acceptors (Lipinski definition) is 0. The summed E-state index contributed by atoms with van der Waals surface area (Å²) in [6, 6.07) is 6.29. The number of alkyl halides is 1. The highest BCUT2D eigenvalue weighted by molar-refractivity contribution is 9.10. The molecule has 0 saturated carbocycles. The molecule has 0 bridgehead atoms. The van der Waals surface area contributed by atoms with Crippen molar-refractivity contribution in [3.8, 4) is 0 Å². The highest BCUT2D eigenvalue weighted by Crippen LogP contribution is 2.20. The SMILES string of the molecule is C=Cc1ccc(CCBr)c(Br)c1. The zero-order valence-electron chi connectivity index (χ0n) is 6.69. The number of benzene rings is 1. The van der Waals surface area contributed by atoms with Crippen molar-refractivity contribution in [1.29, 1.82) is 0 Å². The molecule has 1 aromatic rings. The molecule has 0 heterocycles. The van der Waals surface area contributed by atoms with Crippen molar-refractivity contribution in [3.63, 3.8) is 0 Å². The summed E-state index contributed by atoms with van der Waals surface area (Å²) in [5.41, 5.74) is 2.48. The zero-order valence-corrected chi connectivity index (χ0v) is 9.86. The topological polar surface area (TPSA) is 0 Å². The number of hydrogen-bond donors (Lipinski definition) is 0. The Hall–Kier alpha value is -0.0800. The van der Waals surface area contributed by atoms with E-state index in [1.165, 1.54) is 10.0 Å². The molecule has 0 unspecified atom stereocenters. The van der Waals surface area contributed by atoms with Crippen molar-refractivity contribution >= 4 is 37.9 Å². The minimum absolute atomic E-state index is 0.999. The maximum atomic E-state index is 3.72. The molecule has 2 heteroatoms. The molecule has 0 aliphatic carbocycles. The van der Waals surface area contributed by atoms with Crippen LogP contribution in [0, 0.1) is 0 Å². The fourth-order valence-corrected chi connectivity index (χ4v) is 2.02. The van der Waals surface area contributed by atoms with Crippen LogP contribution in [0.2, 0.25) is 0 Å². The van der Waals surface area contributed by atoms with E-state index in [9.17, 15) is 0 Å². The van der Waals surface area contributed by atoms with Crippen LogP contribution < -0.4 is 0 Å². The number of halogens is 2. The van der Waals surface area contributed by atoms with Crippen molar-refractivity contribution in [2.45, 2.75) is 6.42 Å². The van der Waals surface area contributed by atoms with Gasteiger partial charge in [0.2, 0.25) is 0 Å². The maximum Gasteiger partial charge on any atom is 0.0213 e. The summed E-state index contributed by atoms with van der Waals surface area (Å²) >= 11 is 6.94. The van der Waals surface area contributed by atoms with E-state index < -0.39 is 0 Å². The van der Waals surface area contributed by atoms with Gasteiger partial charge in [-0.15, -0.1) is 0 Å². The Bertz CT molecular complexity index is 279. The first-order chi connectivity index (χ1) is 5.77. The molecule has 1 rings (SSSR count). The molecule has 0 atom stereocenters. The van der Waals surface area contributed by atoms with E-state index in [0.29, 0.717) is 0 Å². The first-order valence-corrected chi connectivity index (χ1v) is 5.66. The predicted molar refractivity (Wildman–Crippen MR) is 61.7 cm³/mol. The van der Waals surface area contributed by atoms with Crippen LogP contribution in [-0.4, -0.2) is 5.33 Å². The lowest BCUT2D eigenvalue weighted by molar-refractivity contribution is 1.15. The standard InChI is InChI=1S/C10H10Br2/c1-2-8-3-4-9(5-6-11)10(12)7-8/h2-4,7H,1,5-6H2. The van der Waals surface area contributed by atoms with Crippen molar-refractivity contribution < 1.29 is 0 Å². The normalized spacial score (nSPS) is 9.83. The van der Waals surface area contributed by atoms with Gasteiger partial charge in [-0.1, -0.05) is 56.6 Å². The van der Waals surface area contributed by atoms with Gasteiger partial charge in [0, 0.05) is 9.80 Å². The lowest BCUT2D eigenvalue weighted by Gasteiger charge is -2.02. The summed E-state index contributed by atoms with van der Waals surface area (Å²) in [5, 5.41) is 0.999. The monoisotopic (exact) mass is 288 g/mol. The molecular weight excluding hydrogens is 280 g/mol. The molecule has 0 radical (unpaired) electrons. The van der Waals surface area contributed by atoms with E-state index in [2.05, 4.69) is 56.6 Å². The summed E-state index contributed by atoms with van der Waals surface area (Å²) in [6.45, 7) is 3.72. The molecule has 12 heavy (non-hydrogen) atoms. The van der Waals surface area contributed by atoms with Gasteiger partial charge in [0.25, 0.3) is 0 Å². The Morgan fingerprint density at radius 3 is 2.67 bits per heavy atom. The molecule has 0 nitrogen and oxygen atoms in total. The fourth-order valence-electron chi connectivity index (χ4n) is 0.995. The second-order valence-corrected chi connectivity index (χ2v) is 4.14. The van der Waals surface area contributed by atoms with E-state index in [0.717, 1.165) is 17.3 Å². The molecule has 0 spiro atoms. The number of aryl methyl sites for hydroxylation is 1. The lowest BCUT2D eigenvalue weighted by Crippen LogP contribution is -1.87. The smallest absolute Gasteiger partial charge is 0.0213 e. The van der Waals surface area contributed by atoms with E-state index in [1.807, 2.05) is 6.08 Å². The predicted octanol–water partition coefficient (Wildman–Crippen LogP) is 4.03. The van der Waals surface area contributed by atoms with Gasteiger partial charge in [-0.2, -0.15) is 0 Å². The molecule has 64 valence electrons. The highest BCUT2D eigenvalue weighted by atomic mass is 79.9.